The minimum absolute atomic E-state index is 0.0816. The molecule has 2 aromatic rings. The minimum Gasteiger partial charge on any atom is -0.495 e. The molecule has 7 heteroatoms. The summed E-state index contributed by atoms with van der Waals surface area (Å²) in [6, 6.07) is 13.9. The molecule has 2 rings (SSSR count). The summed E-state index contributed by atoms with van der Waals surface area (Å²) in [7, 11) is 1.53. The summed E-state index contributed by atoms with van der Waals surface area (Å²) in [5, 5.41) is 3.35. The van der Waals surface area contributed by atoms with Crippen molar-refractivity contribution in [3.63, 3.8) is 0 Å². The highest BCUT2D eigenvalue weighted by atomic mass is 35.5. The Morgan fingerprint density at radius 3 is 2.44 bits per heavy atom. The standard InChI is InChI=1S/C20H23ClN2O4/c1-4-23(13-19(24)22-17-7-5-6-8-18(17)26-3)20(25)14(2)27-16-11-9-15(21)10-12-16/h5-12,14H,4,13H2,1-3H3,(H,22,24). The fourth-order valence-corrected chi connectivity index (χ4v) is 2.61. The van der Waals surface area contributed by atoms with E-state index in [9.17, 15) is 9.59 Å². The number of nitrogens with zero attached hydrogens (tertiary/aromatic N) is 1. The van der Waals surface area contributed by atoms with Gasteiger partial charge in [-0.2, -0.15) is 0 Å². The molecule has 0 saturated heterocycles. The van der Waals surface area contributed by atoms with Gasteiger partial charge in [0.1, 0.15) is 11.5 Å². The lowest BCUT2D eigenvalue weighted by Crippen LogP contribution is -2.44. The number of nitrogens with one attached hydrogen (secondary N) is 1. The lowest BCUT2D eigenvalue weighted by Gasteiger charge is -2.24. The second kappa shape index (κ2) is 9.83. The maximum Gasteiger partial charge on any atom is 0.263 e. The fraction of sp³-hybridized carbons (Fsp3) is 0.300. The van der Waals surface area contributed by atoms with Crippen LogP contribution in [0.4, 0.5) is 5.69 Å². The first kappa shape index (κ1) is 20.6. The molecule has 0 radical (unpaired) electrons. The number of methoxy groups -OCH3 is 1. The molecule has 0 aliphatic carbocycles. The first-order valence-corrected chi connectivity index (χ1v) is 8.96. The molecular formula is C20H23ClN2O4. The van der Waals surface area contributed by atoms with E-state index in [2.05, 4.69) is 5.32 Å². The van der Waals surface area contributed by atoms with Crippen molar-refractivity contribution in [1.29, 1.82) is 0 Å². The molecule has 0 aliphatic rings. The van der Waals surface area contributed by atoms with E-state index in [4.69, 9.17) is 21.1 Å². The molecule has 1 atom stereocenters. The second-order valence-corrected chi connectivity index (χ2v) is 6.25. The molecule has 0 aliphatic heterocycles. The van der Waals surface area contributed by atoms with Crippen LogP contribution in [-0.2, 0) is 9.59 Å². The number of ether oxygens (including phenoxy) is 2. The highest BCUT2D eigenvalue weighted by Gasteiger charge is 2.23. The van der Waals surface area contributed by atoms with Gasteiger partial charge in [0.2, 0.25) is 5.91 Å². The van der Waals surface area contributed by atoms with Gasteiger partial charge in [0.05, 0.1) is 19.3 Å². The predicted molar refractivity (Wildman–Crippen MR) is 105 cm³/mol. The number of para-hydroxylation sites is 2. The van der Waals surface area contributed by atoms with Gasteiger partial charge in [0, 0.05) is 11.6 Å². The van der Waals surface area contributed by atoms with Gasteiger partial charge < -0.3 is 19.7 Å². The van der Waals surface area contributed by atoms with Crippen LogP contribution in [0.1, 0.15) is 13.8 Å². The van der Waals surface area contributed by atoms with Crippen molar-refractivity contribution in [1.82, 2.24) is 4.90 Å². The number of carbonyl (C=O) groups is 2. The van der Waals surface area contributed by atoms with Gasteiger partial charge in [-0.05, 0) is 50.2 Å². The molecule has 0 spiro atoms. The van der Waals surface area contributed by atoms with Crippen LogP contribution in [-0.4, -0.2) is 43.0 Å². The average molecular weight is 391 g/mol. The maximum absolute atomic E-state index is 12.6. The van der Waals surface area contributed by atoms with Crippen molar-refractivity contribution in [2.45, 2.75) is 20.0 Å². The highest BCUT2D eigenvalue weighted by molar-refractivity contribution is 6.30. The molecule has 0 saturated carbocycles. The van der Waals surface area contributed by atoms with Crippen molar-refractivity contribution < 1.29 is 19.1 Å². The van der Waals surface area contributed by atoms with E-state index in [0.29, 0.717) is 28.8 Å². The molecule has 2 amide bonds. The molecule has 0 bridgehead atoms. The third kappa shape index (κ3) is 5.89. The van der Waals surface area contributed by atoms with Crippen LogP contribution in [0.5, 0.6) is 11.5 Å². The van der Waals surface area contributed by atoms with Crippen LogP contribution in [0, 0.1) is 0 Å². The minimum atomic E-state index is -0.731. The van der Waals surface area contributed by atoms with Crippen molar-refractivity contribution in [2.24, 2.45) is 0 Å². The summed E-state index contributed by atoms with van der Waals surface area (Å²) < 4.78 is 10.9. The number of carbonyl (C=O) groups excluding carboxylic acids is 2. The van der Waals surface area contributed by atoms with Crippen LogP contribution >= 0.6 is 11.6 Å². The number of amides is 2. The Balaban J connectivity index is 1.97. The summed E-state index contributed by atoms with van der Waals surface area (Å²) in [6.07, 6.45) is -0.731. The van der Waals surface area contributed by atoms with E-state index < -0.39 is 6.10 Å². The lowest BCUT2D eigenvalue weighted by atomic mass is 10.2. The van der Waals surface area contributed by atoms with E-state index in [-0.39, 0.29) is 18.4 Å². The number of hydrogen-bond donors (Lipinski definition) is 1. The Morgan fingerprint density at radius 1 is 1.15 bits per heavy atom. The van der Waals surface area contributed by atoms with Gasteiger partial charge in [-0.3, -0.25) is 9.59 Å². The zero-order chi connectivity index (χ0) is 19.8. The van der Waals surface area contributed by atoms with Gasteiger partial charge in [0.25, 0.3) is 5.91 Å². The van der Waals surface area contributed by atoms with E-state index in [1.54, 1.807) is 49.4 Å². The number of rotatable bonds is 8. The SMILES string of the molecule is CCN(CC(=O)Nc1ccccc1OC)C(=O)C(C)Oc1ccc(Cl)cc1. The number of anilines is 1. The summed E-state index contributed by atoms with van der Waals surface area (Å²) in [5.74, 6) is 0.505. The van der Waals surface area contributed by atoms with Crippen LogP contribution in [0.3, 0.4) is 0 Å². The second-order valence-electron chi connectivity index (χ2n) is 5.81. The van der Waals surface area contributed by atoms with Crippen LogP contribution in [0.15, 0.2) is 48.5 Å². The van der Waals surface area contributed by atoms with Crippen LogP contribution in [0.25, 0.3) is 0 Å². The van der Waals surface area contributed by atoms with Gasteiger partial charge in [-0.1, -0.05) is 23.7 Å². The zero-order valence-electron chi connectivity index (χ0n) is 15.6. The molecule has 27 heavy (non-hydrogen) atoms. The first-order valence-electron chi connectivity index (χ1n) is 8.58. The summed E-state index contributed by atoms with van der Waals surface area (Å²) in [6.45, 7) is 3.76. The summed E-state index contributed by atoms with van der Waals surface area (Å²) >= 11 is 5.84. The number of hydrogen-bond acceptors (Lipinski definition) is 4. The van der Waals surface area contributed by atoms with E-state index >= 15 is 0 Å². The molecular weight excluding hydrogens is 368 g/mol. The Hall–Kier alpha value is -2.73. The number of halogens is 1. The van der Waals surface area contributed by atoms with E-state index in [1.165, 1.54) is 12.0 Å². The molecule has 6 nitrogen and oxygen atoms in total. The molecule has 144 valence electrons. The van der Waals surface area contributed by atoms with Gasteiger partial charge >= 0.3 is 0 Å². The lowest BCUT2D eigenvalue weighted by molar-refractivity contribution is -0.140. The normalized spacial score (nSPS) is 11.4. The summed E-state index contributed by atoms with van der Waals surface area (Å²) in [5.41, 5.74) is 0.555. The monoisotopic (exact) mass is 390 g/mol. The average Bonchev–Trinajstić information content (AvgIpc) is 2.67. The van der Waals surface area contributed by atoms with Crippen molar-refractivity contribution in [3.05, 3.63) is 53.6 Å². The smallest absolute Gasteiger partial charge is 0.263 e. The van der Waals surface area contributed by atoms with E-state index in [0.717, 1.165) is 0 Å². The van der Waals surface area contributed by atoms with Crippen molar-refractivity contribution in [2.75, 3.05) is 25.5 Å². The van der Waals surface area contributed by atoms with Gasteiger partial charge in [0.15, 0.2) is 6.10 Å². The largest absolute Gasteiger partial charge is 0.495 e. The molecule has 0 heterocycles. The highest BCUT2D eigenvalue weighted by Crippen LogP contribution is 2.23. The number of benzene rings is 2. The number of likely N-dealkylation sites (N-methyl/N-ethyl adjacent to an activating group) is 1. The van der Waals surface area contributed by atoms with Crippen LogP contribution in [0.2, 0.25) is 5.02 Å². The zero-order valence-corrected chi connectivity index (χ0v) is 16.3. The fourth-order valence-electron chi connectivity index (χ4n) is 2.48. The Kier molecular flexibility index (Phi) is 7.49. The topological polar surface area (TPSA) is 67.9 Å². The molecule has 1 unspecified atom stereocenters. The molecule has 2 aromatic carbocycles. The molecule has 0 fully saturated rings. The quantitative estimate of drug-likeness (QED) is 0.747. The Morgan fingerprint density at radius 2 is 1.81 bits per heavy atom. The Bertz CT molecular complexity index is 780. The molecule has 1 N–H and O–H groups in total. The Labute approximate surface area is 164 Å². The van der Waals surface area contributed by atoms with E-state index in [1.807, 2.05) is 13.0 Å². The van der Waals surface area contributed by atoms with Crippen LogP contribution < -0.4 is 14.8 Å². The van der Waals surface area contributed by atoms with Crippen molar-refractivity contribution >= 4 is 29.1 Å². The molecule has 0 aromatic heterocycles. The predicted octanol–water partition coefficient (Wildman–Crippen LogP) is 3.60. The third-order valence-electron chi connectivity index (χ3n) is 3.88. The van der Waals surface area contributed by atoms with Crippen molar-refractivity contribution in [3.8, 4) is 11.5 Å². The third-order valence-corrected chi connectivity index (χ3v) is 4.14. The van der Waals surface area contributed by atoms with Gasteiger partial charge in [-0.25, -0.2) is 0 Å². The summed E-state index contributed by atoms with van der Waals surface area (Å²) in [4.78, 5) is 26.4. The maximum atomic E-state index is 12.6. The first-order chi connectivity index (χ1) is 12.9. The van der Waals surface area contributed by atoms with Gasteiger partial charge in [-0.15, -0.1) is 0 Å².